The van der Waals surface area contributed by atoms with Gasteiger partial charge >= 0.3 is 0 Å². The van der Waals surface area contributed by atoms with Crippen LogP contribution in [0.4, 0.5) is 0 Å². The second-order valence-corrected chi connectivity index (χ2v) is 4.99. The van der Waals surface area contributed by atoms with Crippen molar-refractivity contribution in [2.45, 2.75) is 44.4 Å². The van der Waals surface area contributed by atoms with Crippen molar-refractivity contribution in [2.75, 3.05) is 6.54 Å². The van der Waals surface area contributed by atoms with Gasteiger partial charge < -0.3 is 9.84 Å². The van der Waals surface area contributed by atoms with Crippen LogP contribution < -0.4 is 5.32 Å². The van der Waals surface area contributed by atoms with Crippen molar-refractivity contribution < 1.29 is 9.32 Å². The van der Waals surface area contributed by atoms with Gasteiger partial charge in [0.25, 0.3) is 0 Å². The Balaban J connectivity index is 1.41. The second kappa shape index (κ2) is 4.47. The molecule has 1 aromatic rings. The first-order valence-electron chi connectivity index (χ1n) is 6.43. The Labute approximate surface area is 100.0 Å². The molecule has 1 aromatic heterocycles. The molecule has 0 unspecified atom stereocenters. The Kier molecular flexibility index (Phi) is 2.82. The van der Waals surface area contributed by atoms with E-state index in [-0.39, 0.29) is 11.8 Å². The molecule has 0 radical (unpaired) electrons. The molecule has 2 aliphatic carbocycles. The molecule has 92 valence electrons. The smallest absolute Gasteiger partial charge is 0.229 e. The van der Waals surface area contributed by atoms with E-state index in [4.69, 9.17) is 4.52 Å². The molecule has 5 nitrogen and oxygen atoms in total. The van der Waals surface area contributed by atoms with Crippen LogP contribution in [0.25, 0.3) is 0 Å². The molecule has 2 saturated carbocycles. The van der Waals surface area contributed by atoms with Crippen LogP contribution in [0.1, 0.15) is 49.7 Å². The minimum absolute atomic E-state index is 0.183. The van der Waals surface area contributed by atoms with Gasteiger partial charge in [0.05, 0.1) is 0 Å². The normalized spacial score (nSPS) is 20.0. The van der Waals surface area contributed by atoms with Gasteiger partial charge in [0, 0.05) is 24.8 Å². The molecule has 17 heavy (non-hydrogen) atoms. The van der Waals surface area contributed by atoms with Crippen molar-refractivity contribution in [3.63, 3.8) is 0 Å². The average molecular weight is 235 g/mol. The number of nitrogens with one attached hydrogen (secondary N) is 1. The number of amides is 1. The van der Waals surface area contributed by atoms with Crippen molar-refractivity contribution in [2.24, 2.45) is 5.92 Å². The standard InChI is InChI=1S/C12H17N3O2/c16-11(8-2-1-3-8)13-7-6-10-14-12(17-15-10)9-4-5-9/h8-9H,1-7H2,(H,13,16). The van der Waals surface area contributed by atoms with Crippen molar-refractivity contribution in [3.8, 4) is 0 Å². The maximum atomic E-state index is 11.6. The van der Waals surface area contributed by atoms with Crippen LogP contribution in [-0.2, 0) is 11.2 Å². The minimum Gasteiger partial charge on any atom is -0.355 e. The van der Waals surface area contributed by atoms with Gasteiger partial charge in [0.2, 0.25) is 11.8 Å². The number of rotatable bonds is 5. The number of nitrogens with zero attached hydrogens (tertiary/aromatic N) is 2. The fourth-order valence-electron chi connectivity index (χ4n) is 1.98. The Morgan fingerprint density at radius 3 is 2.82 bits per heavy atom. The number of hydrogen-bond donors (Lipinski definition) is 1. The van der Waals surface area contributed by atoms with E-state index in [0.29, 0.717) is 24.7 Å². The fourth-order valence-corrected chi connectivity index (χ4v) is 1.98. The van der Waals surface area contributed by atoms with Crippen molar-refractivity contribution in [1.29, 1.82) is 0 Å². The van der Waals surface area contributed by atoms with E-state index < -0.39 is 0 Å². The zero-order valence-corrected chi connectivity index (χ0v) is 9.82. The van der Waals surface area contributed by atoms with Gasteiger partial charge in [0.1, 0.15) is 0 Å². The predicted octanol–water partition coefficient (Wildman–Crippen LogP) is 1.41. The lowest BCUT2D eigenvalue weighted by Crippen LogP contribution is -2.35. The molecule has 0 saturated heterocycles. The maximum absolute atomic E-state index is 11.6. The summed E-state index contributed by atoms with van der Waals surface area (Å²) >= 11 is 0. The van der Waals surface area contributed by atoms with Gasteiger partial charge in [-0.25, -0.2) is 0 Å². The first kappa shape index (κ1) is 10.7. The topological polar surface area (TPSA) is 68.0 Å². The van der Waals surface area contributed by atoms with E-state index >= 15 is 0 Å². The summed E-state index contributed by atoms with van der Waals surface area (Å²) in [5, 5.41) is 6.84. The number of aromatic nitrogens is 2. The molecule has 2 aliphatic rings. The molecule has 3 rings (SSSR count). The monoisotopic (exact) mass is 235 g/mol. The van der Waals surface area contributed by atoms with Gasteiger partial charge in [-0.1, -0.05) is 11.6 Å². The van der Waals surface area contributed by atoms with Crippen molar-refractivity contribution >= 4 is 5.91 Å². The Morgan fingerprint density at radius 2 is 2.18 bits per heavy atom. The zero-order chi connectivity index (χ0) is 11.7. The molecule has 1 heterocycles. The largest absolute Gasteiger partial charge is 0.355 e. The highest BCUT2D eigenvalue weighted by Crippen LogP contribution is 2.38. The first-order valence-corrected chi connectivity index (χ1v) is 6.43. The third-order valence-corrected chi connectivity index (χ3v) is 3.53. The average Bonchev–Trinajstić information content (AvgIpc) is 2.97. The summed E-state index contributed by atoms with van der Waals surface area (Å²) in [6, 6.07) is 0. The summed E-state index contributed by atoms with van der Waals surface area (Å²) in [5.41, 5.74) is 0. The minimum atomic E-state index is 0.183. The van der Waals surface area contributed by atoms with Crippen LogP contribution in [0, 0.1) is 5.92 Å². The molecule has 0 aromatic carbocycles. The van der Waals surface area contributed by atoms with E-state index in [1.165, 1.54) is 19.3 Å². The molecule has 0 atom stereocenters. The van der Waals surface area contributed by atoms with E-state index in [1.807, 2.05) is 0 Å². The predicted molar refractivity (Wildman–Crippen MR) is 60.3 cm³/mol. The van der Waals surface area contributed by atoms with E-state index in [2.05, 4.69) is 15.5 Å². The molecular formula is C12H17N3O2. The maximum Gasteiger partial charge on any atom is 0.229 e. The Bertz CT molecular complexity index is 408. The molecule has 0 spiro atoms. The molecule has 2 fully saturated rings. The van der Waals surface area contributed by atoms with Gasteiger partial charge in [-0.3, -0.25) is 4.79 Å². The number of hydrogen-bond acceptors (Lipinski definition) is 4. The summed E-state index contributed by atoms with van der Waals surface area (Å²) in [4.78, 5) is 15.9. The lowest BCUT2D eigenvalue weighted by molar-refractivity contribution is -0.127. The van der Waals surface area contributed by atoms with E-state index in [9.17, 15) is 4.79 Å². The first-order chi connectivity index (χ1) is 8.33. The molecule has 1 amide bonds. The van der Waals surface area contributed by atoms with Gasteiger partial charge in [0.15, 0.2) is 5.82 Å². The van der Waals surface area contributed by atoms with Crippen molar-refractivity contribution in [3.05, 3.63) is 11.7 Å². The number of carbonyl (C=O) groups is 1. The van der Waals surface area contributed by atoms with Crippen LogP contribution in [0.15, 0.2) is 4.52 Å². The zero-order valence-electron chi connectivity index (χ0n) is 9.82. The van der Waals surface area contributed by atoms with Crippen LogP contribution in [0.2, 0.25) is 0 Å². The summed E-state index contributed by atoms with van der Waals surface area (Å²) in [6.45, 7) is 0.610. The van der Waals surface area contributed by atoms with E-state index in [1.54, 1.807) is 0 Å². The third-order valence-electron chi connectivity index (χ3n) is 3.53. The summed E-state index contributed by atoms with van der Waals surface area (Å²) in [6.07, 6.45) is 6.27. The highest BCUT2D eigenvalue weighted by molar-refractivity contribution is 5.79. The van der Waals surface area contributed by atoms with Gasteiger partial charge in [-0.05, 0) is 25.7 Å². The quantitative estimate of drug-likeness (QED) is 0.837. The lowest BCUT2D eigenvalue weighted by atomic mass is 9.85. The summed E-state index contributed by atoms with van der Waals surface area (Å²) in [5.74, 6) is 2.41. The van der Waals surface area contributed by atoms with Gasteiger partial charge in [-0.2, -0.15) is 4.98 Å². The third kappa shape index (κ3) is 2.48. The lowest BCUT2D eigenvalue weighted by Gasteiger charge is -2.23. The molecular weight excluding hydrogens is 218 g/mol. The van der Waals surface area contributed by atoms with Crippen LogP contribution in [0.5, 0.6) is 0 Å². The van der Waals surface area contributed by atoms with Gasteiger partial charge in [-0.15, -0.1) is 0 Å². The van der Waals surface area contributed by atoms with E-state index in [0.717, 1.165) is 18.7 Å². The summed E-state index contributed by atoms with van der Waals surface area (Å²) < 4.78 is 5.15. The highest BCUT2D eigenvalue weighted by atomic mass is 16.5. The molecule has 0 aliphatic heterocycles. The highest BCUT2D eigenvalue weighted by Gasteiger charge is 2.29. The summed E-state index contributed by atoms with van der Waals surface area (Å²) in [7, 11) is 0. The molecule has 5 heteroatoms. The fraction of sp³-hybridized carbons (Fsp3) is 0.750. The van der Waals surface area contributed by atoms with Crippen LogP contribution in [-0.4, -0.2) is 22.6 Å². The molecule has 1 N–H and O–H groups in total. The van der Waals surface area contributed by atoms with Crippen molar-refractivity contribution in [1.82, 2.24) is 15.5 Å². The SMILES string of the molecule is O=C(NCCc1noc(C2CC2)n1)C1CCC1. The van der Waals surface area contributed by atoms with Crippen LogP contribution in [0.3, 0.4) is 0 Å². The molecule has 0 bridgehead atoms. The van der Waals surface area contributed by atoms with Crippen LogP contribution >= 0.6 is 0 Å². The Morgan fingerprint density at radius 1 is 1.35 bits per heavy atom. The number of carbonyl (C=O) groups excluding carboxylic acids is 1. The second-order valence-electron chi connectivity index (χ2n) is 4.99. The Hall–Kier alpha value is -1.39.